The van der Waals surface area contributed by atoms with Crippen LogP contribution in [0.3, 0.4) is 0 Å². The highest BCUT2D eigenvalue weighted by Gasteiger charge is 2.14. The molecule has 2 aromatic rings. The lowest BCUT2D eigenvalue weighted by Crippen LogP contribution is -2.30. The lowest BCUT2D eigenvalue weighted by molar-refractivity contribution is 0.171. The minimum absolute atomic E-state index is 0.176. The van der Waals surface area contributed by atoms with Gasteiger partial charge in [-0.3, -0.25) is 0 Å². The Balaban J connectivity index is 1.63. The maximum atomic E-state index is 12.3. The molecule has 3 rings (SSSR count). The summed E-state index contributed by atoms with van der Waals surface area (Å²) in [5, 5.41) is 2.87. The number of hydrogen-bond acceptors (Lipinski definition) is 3. The molecule has 0 atom stereocenters. The van der Waals surface area contributed by atoms with E-state index in [4.69, 9.17) is 9.47 Å². The third kappa shape index (κ3) is 3.96. The van der Waals surface area contributed by atoms with E-state index in [9.17, 15) is 4.79 Å². The first-order chi connectivity index (χ1) is 11.1. The van der Waals surface area contributed by atoms with E-state index in [1.807, 2.05) is 24.3 Å². The monoisotopic (exact) mass is 376 g/mol. The van der Waals surface area contributed by atoms with Gasteiger partial charge in [0, 0.05) is 29.8 Å². The van der Waals surface area contributed by atoms with Crippen LogP contribution in [0.2, 0.25) is 0 Å². The summed E-state index contributed by atoms with van der Waals surface area (Å²) in [6.45, 7) is 1.60. The average Bonchev–Trinajstić information content (AvgIpc) is 2.56. The molecule has 2 amide bonds. The van der Waals surface area contributed by atoms with Gasteiger partial charge < -0.3 is 19.7 Å². The average molecular weight is 377 g/mol. The standard InChI is InChI=1S/C17H17BrN2O3/c1-20(11-12-2-4-13(18)5-3-12)17(21)19-14-6-7-15-16(10-14)23-9-8-22-15/h2-7,10H,8-9,11H2,1H3,(H,19,21). The van der Waals surface area contributed by atoms with Crippen molar-refractivity contribution < 1.29 is 14.3 Å². The van der Waals surface area contributed by atoms with Crippen molar-refractivity contribution in [1.82, 2.24) is 4.90 Å². The number of urea groups is 1. The Labute approximate surface area is 143 Å². The van der Waals surface area contributed by atoms with Gasteiger partial charge in [0.25, 0.3) is 0 Å². The fraction of sp³-hybridized carbons (Fsp3) is 0.235. The van der Waals surface area contributed by atoms with Gasteiger partial charge in [0.2, 0.25) is 0 Å². The molecule has 0 aliphatic carbocycles. The van der Waals surface area contributed by atoms with E-state index in [1.54, 1.807) is 30.1 Å². The minimum Gasteiger partial charge on any atom is -0.486 e. The molecule has 1 aliphatic rings. The van der Waals surface area contributed by atoms with Crippen LogP contribution in [0.1, 0.15) is 5.56 Å². The second kappa shape index (κ2) is 6.91. The van der Waals surface area contributed by atoms with Gasteiger partial charge in [0.15, 0.2) is 11.5 Å². The van der Waals surface area contributed by atoms with E-state index in [0.717, 1.165) is 10.0 Å². The van der Waals surface area contributed by atoms with Gasteiger partial charge >= 0.3 is 6.03 Å². The van der Waals surface area contributed by atoms with E-state index >= 15 is 0 Å². The number of benzene rings is 2. The second-order valence-electron chi connectivity index (χ2n) is 5.27. The summed E-state index contributed by atoms with van der Waals surface area (Å²) in [7, 11) is 1.76. The number of hydrogen-bond donors (Lipinski definition) is 1. The van der Waals surface area contributed by atoms with Crippen molar-refractivity contribution in [2.24, 2.45) is 0 Å². The summed E-state index contributed by atoms with van der Waals surface area (Å²) < 4.78 is 12.0. The Hall–Kier alpha value is -2.21. The largest absolute Gasteiger partial charge is 0.486 e. The van der Waals surface area contributed by atoms with Gasteiger partial charge in [-0.05, 0) is 29.8 Å². The zero-order valence-electron chi connectivity index (χ0n) is 12.7. The van der Waals surface area contributed by atoms with Crippen LogP contribution in [0.25, 0.3) is 0 Å². The van der Waals surface area contributed by atoms with E-state index in [0.29, 0.717) is 36.9 Å². The number of anilines is 1. The lowest BCUT2D eigenvalue weighted by atomic mass is 10.2. The maximum Gasteiger partial charge on any atom is 0.321 e. The Bertz CT molecular complexity index is 703. The summed E-state index contributed by atoms with van der Waals surface area (Å²) >= 11 is 3.40. The Morgan fingerprint density at radius 2 is 1.83 bits per heavy atom. The maximum absolute atomic E-state index is 12.3. The molecular formula is C17H17BrN2O3. The molecule has 1 aliphatic heterocycles. The van der Waals surface area contributed by atoms with Gasteiger partial charge in [0.1, 0.15) is 13.2 Å². The number of carbonyl (C=O) groups excluding carboxylic acids is 1. The first-order valence-corrected chi connectivity index (χ1v) is 8.07. The van der Waals surface area contributed by atoms with Gasteiger partial charge in [-0.1, -0.05) is 28.1 Å². The summed E-state index contributed by atoms with van der Waals surface area (Å²) in [4.78, 5) is 13.9. The van der Waals surface area contributed by atoms with Crippen LogP contribution < -0.4 is 14.8 Å². The van der Waals surface area contributed by atoms with Crippen molar-refractivity contribution in [1.29, 1.82) is 0 Å². The quantitative estimate of drug-likeness (QED) is 0.883. The van der Waals surface area contributed by atoms with E-state index in [-0.39, 0.29) is 6.03 Å². The molecule has 0 fully saturated rings. The smallest absolute Gasteiger partial charge is 0.321 e. The van der Waals surface area contributed by atoms with Gasteiger partial charge in [-0.25, -0.2) is 4.79 Å². The van der Waals surface area contributed by atoms with Crippen LogP contribution in [0, 0.1) is 0 Å². The fourth-order valence-electron chi connectivity index (χ4n) is 2.28. The fourth-order valence-corrected chi connectivity index (χ4v) is 2.54. The number of nitrogens with zero attached hydrogens (tertiary/aromatic N) is 1. The van der Waals surface area contributed by atoms with E-state index < -0.39 is 0 Å². The molecule has 1 N–H and O–H groups in total. The predicted molar refractivity (Wildman–Crippen MR) is 92.1 cm³/mol. The first kappa shape index (κ1) is 15.7. The lowest BCUT2D eigenvalue weighted by Gasteiger charge is -2.21. The third-order valence-electron chi connectivity index (χ3n) is 3.47. The molecule has 5 nitrogen and oxygen atoms in total. The third-order valence-corrected chi connectivity index (χ3v) is 4.00. The molecule has 2 aromatic carbocycles. The zero-order valence-corrected chi connectivity index (χ0v) is 14.3. The minimum atomic E-state index is -0.176. The molecule has 0 saturated heterocycles. The van der Waals surface area contributed by atoms with Crippen LogP contribution in [0.5, 0.6) is 11.5 Å². The Kier molecular flexibility index (Phi) is 4.71. The molecule has 120 valence electrons. The van der Waals surface area contributed by atoms with Gasteiger partial charge in [-0.15, -0.1) is 0 Å². The molecule has 23 heavy (non-hydrogen) atoms. The molecule has 0 saturated carbocycles. The van der Waals surface area contributed by atoms with E-state index in [1.165, 1.54) is 0 Å². The topological polar surface area (TPSA) is 50.8 Å². The zero-order chi connectivity index (χ0) is 16.2. The molecule has 0 bridgehead atoms. The SMILES string of the molecule is CN(Cc1ccc(Br)cc1)C(=O)Nc1ccc2c(c1)OCCO2. The normalized spacial score (nSPS) is 12.6. The van der Waals surface area contributed by atoms with Crippen LogP contribution >= 0.6 is 15.9 Å². The van der Waals surface area contributed by atoms with Crippen molar-refractivity contribution in [3.05, 3.63) is 52.5 Å². The molecule has 0 unspecified atom stereocenters. The highest BCUT2D eigenvalue weighted by Crippen LogP contribution is 2.32. The number of nitrogens with one attached hydrogen (secondary N) is 1. The van der Waals surface area contributed by atoms with Crippen LogP contribution in [-0.4, -0.2) is 31.2 Å². The summed E-state index contributed by atoms with van der Waals surface area (Å²) in [6, 6.07) is 13.1. The number of carbonyl (C=O) groups is 1. The van der Waals surface area contributed by atoms with Crippen molar-refractivity contribution >= 4 is 27.6 Å². The highest BCUT2D eigenvalue weighted by molar-refractivity contribution is 9.10. The molecular weight excluding hydrogens is 360 g/mol. The molecule has 0 aromatic heterocycles. The van der Waals surface area contributed by atoms with Crippen molar-refractivity contribution in [3.8, 4) is 11.5 Å². The second-order valence-corrected chi connectivity index (χ2v) is 6.19. The van der Waals surface area contributed by atoms with Crippen LogP contribution in [0.15, 0.2) is 46.9 Å². The predicted octanol–water partition coefficient (Wildman–Crippen LogP) is 3.88. The number of rotatable bonds is 3. The van der Waals surface area contributed by atoms with Crippen molar-refractivity contribution in [3.63, 3.8) is 0 Å². The van der Waals surface area contributed by atoms with Gasteiger partial charge in [-0.2, -0.15) is 0 Å². The van der Waals surface area contributed by atoms with Crippen LogP contribution in [-0.2, 0) is 6.54 Å². The molecule has 0 radical (unpaired) electrons. The number of halogens is 1. The van der Waals surface area contributed by atoms with Crippen LogP contribution in [0.4, 0.5) is 10.5 Å². The Morgan fingerprint density at radius 1 is 1.13 bits per heavy atom. The Morgan fingerprint density at radius 3 is 2.57 bits per heavy atom. The van der Waals surface area contributed by atoms with Crippen molar-refractivity contribution in [2.45, 2.75) is 6.54 Å². The highest BCUT2D eigenvalue weighted by atomic mass is 79.9. The molecule has 0 spiro atoms. The van der Waals surface area contributed by atoms with E-state index in [2.05, 4.69) is 21.2 Å². The molecule has 1 heterocycles. The summed E-state index contributed by atoms with van der Waals surface area (Å²) in [6.07, 6.45) is 0. The van der Waals surface area contributed by atoms with Gasteiger partial charge in [0.05, 0.1) is 0 Å². The van der Waals surface area contributed by atoms with Crippen molar-refractivity contribution in [2.75, 3.05) is 25.6 Å². The number of ether oxygens (including phenoxy) is 2. The number of amides is 2. The first-order valence-electron chi connectivity index (χ1n) is 7.28. The summed E-state index contributed by atoms with van der Waals surface area (Å²) in [5.74, 6) is 1.36. The number of fused-ring (bicyclic) bond motifs is 1. The molecule has 6 heteroatoms. The summed E-state index contributed by atoms with van der Waals surface area (Å²) in [5.41, 5.74) is 1.75.